The molecule has 3 amide bonds. The molecule has 3 aromatic carbocycles. The smallest absolute Gasteiger partial charge is 0.308 e. The average Bonchev–Trinajstić information content (AvgIpc) is 3.31. The fourth-order valence-electron chi connectivity index (χ4n) is 5.32. The van der Waals surface area contributed by atoms with Crippen LogP contribution in [0.25, 0.3) is 0 Å². The lowest BCUT2D eigenvalue weighted by molar-refractivity contribution is -0.147. The van der Waals surface area contributed by atoms with Gasteiger partial charge < -0.3 is 25.4 Å². The van der Waals surface area contributed by atoms with E-state index in [1.54, 1.807) is 25.1 Å². The van der Waals surface area contributed by atoms with E-state index in [0.29, 0.717) is 12.1 Å². The first-order chi connectivity index (χ1) is 20.9. The summed E-state index contributed by atoms with van der Waals surface area (Å²) in [5.74, 6) is -1.56. The number of carbonyl (C=O) groups is 4. The Balaban J connectivity index is 1.57. The Kier molecular flexibility index (Phi) is 10.5. The lowest BCUT2D eigenvalue weighted by Gasteiger charge is -2.33. The van der Waals surface area contributed by atoms with Crippen molar-refractivity contribution in [1.82, 2.24) is 15.5 Å². The van der Waals surface area contributed by atoms with Gasteiger partial charge in [-0.1, -0.05) is 60.7 Å². The number of hydrogen-bond donors (Lipinski definition) is 3. The van der Waals surface area contributed by atoms with Crippen molar-refractivity contribution >= 4 is 35.5 Å². The van der Waals surface area contributed by atoms with Crippen LogP contribution in [0.4, 0.5) is 0 Å². The van der Waals surface area contributed by atoms with Crippen molar-refractivity contribution in [3.63, 3.8) is 0 Å². The van der Waals surface area contributed by atoms with Gasteiger partial charge in [0.25, 0.3) is 11.8 Å². The molecule has 1 saturated heterocycles. The first-order valence-electron chi connectivity index (χ1n) is 14.5. The molecule has 0 unspecified atom stereocenters. The number of thioether (sulfide) groups is 1. The normalized spacial score (nSPS) is 17.0. The predicted octanol–water partition coefficient (Wildman–Crippen LogP) is 3.93. The van der Waals surface area contributed by atoms with Crippen LogP contribution in [0.1, 0.15) is 53.4 Å². The van der Waals surface area contributed by atoms with Gasteiger partial charge in [-0.05, 0) is 62.9 Å². The zero-order chi connectivity index (χ0) is 32.0. The number of aliphatic hydroxyl groups is 1. The predicted molar refractivity (Wildman–Crippen MR) is 170 cm³/mol. The molecule has 3 atom stereocenters. The second kappa shape index (κ2) is 14.1. The minimum atomic E-state index is -1.64. The van der Waals surface area contributed by atoms with Crippen molar-refractivity contribution in [2.45, 2.75) is 70.5 Å². The van der Waals surface area contributed by atoms with Crippen molar-refractivity contribution in [3.8, 4) is 5.75 Å². The molecule has 9 nitrogen and oxygen atoms in total. The number of nitrogens with one attached hydrogen (secondary N) is 2. The van der Waals surface area contributed by atoms with Gasteiger partial charge in [0.05, 0.1) is 11.9 Å². The number of ether oxygens (including phenoxy) is 1. The molecule has 0 spiro atoms. The van der Waals surface area contributed by atoms with Crippen LogP contribution in [0.5, 0.6) is 5.75 Å². The highest BCUT2D eigenvalue weighted by atomic mass is 32.2. The Morgan fingerprint density at radius 3 is 2.36 bits per heavy atom. The molecule has 3 aromatic rings. The largest absolute Gasteiger partial charge is 0.426 e. The van der Waals surface area contributed by atoms with Crippen LogP contribution >= 0.6 is 11.8 Å². The van der Waals surface area contributed by atoms with E-state index in [1.165, 1.54) is 23.6 Å². The molecule has 10 heteroatoms. The SMILES string of the molecule is CC(=O)Oc1cccc(C(=O)N[C@@H](Cc2ccccc2)[C@H](O)C(=O)N2CSC(C)(C)[C@H]2C(=O)NCc2ccccc2C)c1C. The second-order valence-electron chi connectivity index (χ2n) is 11.5. The summed E-state index contributed by atoms with van der Waals surface area (Å²) in [5.41, 5.74) is 3.51. The van der Waals surface area contributed by atoms with Crippen molar-refractivity contribution in [1.29, 1.82) is 0 Å². The molecule has 0 saturated carbocycles. The van der Waals surface area contributed by atoms with Crippen LogP contribution in [-0.4, -0.2) is 62.5 Å². The highest BCUT2D eigenvalue weighted by molar-refractivity contribution is 8.00. The number of benzene rings is 3. The Morgan fingerprint density at radius 2 is 1.68 bits per heavy atom. The molecule has 0 radical (unpaired) electrons. The quantitative estimate of drug-likeness (QED) is 0.233. The standard InChI is InChI=1S/C34H39N3O6S/c1-21-12-9-10-15-25(21)19-35-32(41)30-34(4,5)44-20-37(30)33(42)29(39)27(18-24-13-7-6-8-14-24)36-31(40)26-16-11-17-28(22(26)2)43-23(3)38/h6-17,27,29-30,39H,18-20H2,1-5H3,(H,35,41)(H,36,40)/t27-,29-,30+/m0/s1. The van der Waals surface area contributed by atoms with Crippen molar-refractivity contribution in [2.24, 2.45) is 0 Å². The van der Waals surface area contributed by atoms with Crippen molar-refractivity contribution in [2.75, 3.05) is 5.88 Å². The maximum Gasteiger partial charge on any atom is 0.308 e. The van der Waals surface area contributed by atoms with Crippen LogP contribution in [0.3, 0.4) is 0 Å². The van der Waals surface area contributed by atoms with Crippen LogP contribution in [0.2, 0.25) is 0 Å². The van der Waals surface area contributed by atoms with Gasteiger partial charge in [0, 0.05) is 29.3 Å². The zero-order valence-corrected chi connectivity index (χ0v) is 26.4. The summed E-state index contributed by atoms with van der Waals surface area (Å²) in [4.78, 5) is 53.9. The van der Waals surface area contributed by atoms with Gasteiger partial charge in [0.15, 0.2) is 6.10 Å². The molecule has 4 rings (SSSR count). The molecule has 44 heavy (non-hydrogen) atoms. The zero-order valence-electron chi connectivity index (χ0n) is 25.6. The van der Waals surface area contributed by atoms with Gasteiger partial charge in [-0.15, -0.1) is 11.8 Å². The fraction of sp³-hybridized carbons (Fsp3) is 0.353. The van der Waals surface area contributed by atoms with Gasteiger partial charge in [0.1, 0.15) is 11.8 Å². The highest BCUT2D eigenvalue weighted by Crippen LogP contribution is 2.40. The number of nitrogens with zero attached hydrogens (tertiary/aromatic N) is 1. The van der Waals surface area contributed by atoms with Gasteiger partial charge in [-0.25, -0.2) is 0 Å². The molecule has 3 N–H and O–H groups in total. The molecular weight excluding hydrogens is 578 g/mol. The molecule has 232 valence electrons. The maximum absolute atomic E-state index is 13.9. The van der Waals surface area contributed by atoms with Gasteiger partial charge >= 0.3 is 5.97 Å². The van der Waals surface area contributed by atoms with Crippen LogP contribution in [0, 0.1) is 13.8 Å². The fourth-order valence-corrected chi connectivity index (χ4v) is 6.46. The van der Waals surface area contributed by atoms with E-state index in [0.717, 1.165) is 16.7 Å². The number of rotatable bonds is 10. The third kappa shape index (κ3) is 7.67. The summed E-state index contributed by atoms with van der Waals surface area (Å²) in [5, 5.41) is 17.4. The van der Waals surface area contributed by atoms with Crippen LogP contribution < -0.4 is 15.4 Å². The Labute approximate surface area is 262 Å². The van der Waals surface area contributed by atoms with Crippen LogP contribution in [0.15, 0.2) is 72.8 Å². The summed E-state index contributed by atoms with van der Waals surface area (Å²) in [6, 6.07) is 19.9. The Morgan fingerprint density at radius 1 is 1.00 bits per heavy atom. The highest BCUT2D eigenvalue weighted by Gasteiger charge is 2.49. The number of amides is 3. The number of carbonyl (C=O) groups excluding carboxylic acids is 4. The molecule has 1 aliphatic heterocycles. The van der Waals surface area contributed by atoms with Gasteiger partial charge in [-0.2, -0.15) is 0 Å². The summed E-state index contributed by atoms with van der Waals surface area (Å²) < 4.78 is 4.62. The van der Waals surface area contributed by atoms with Crippen LogP contribution in [-0.2, 0) is 27.3 Å². The lowest BCUT2D eigenvalue weighted by atomic mass is 9.96. The molecule has 1 heterocycles. The van der Waals surface area contributed by atoms with E-state index in [1.807, 2.05) is 75.4 Å². The lowest BCUT2D eigenvalue weighted by Crippen LogP contribution is -2.58. The van der Waals surface area contributed by atoms with E-state index in [-0.39, 0.29) is 29.5 Å². The monoisotopic (exact) mass is 617 g/mol. The van der Waals surface area contributed by atoms with Crippen molar-refractivity contribution in [3.05, 3.63) is 101 Å². The Hall–Kier alpha value is -4.15. The van der Waals surface area contributed by atoms with Gasteiger partial charge in [-0.3, -0.25) is 19.2 Å². The maximum atomic E-state index is 13.9. The van der Waals surface area contributed by atoms with E-state index in [9.17, 15) is 24.3 Å². The minimum Gasteiger partial charge on any atom is -0.426 e. The van der Waals surface area contributed by atoms with E-state index < -0.39 is 40.7 Å². The molecule has 0 aliphatic carbocycles. The van der Waals surface area contributed by atoms with E-state index in [2.05, 4.69) is 10.6 Å². The summed E-state index contributed by atoms with van der Waals surface area (Å²) in [7, 11) is 0. The topological polar surface area (TPSA) is 125 Å². The van der Waals surface area contributed by atoms with E-state index in [4.69, 9.17) is 4.74 Å². The first kappa shape index (κ1) is 32.8. The number of esters is 1. The molecule has 0 bridgehead atoms. The summed E-state index contributed by atoms with van der Waals surface area (Å²) >= 11 is 1.45. The van der Waals surface area contributed by atoms with Crippen molar-refractivity contribution < 1.29 is 29.0 Å². The Bertz CT molecular complexity index is 1530. The molecule has 1 aliphatic rings. The average molecular weight is 618 g/mol. The first-order valence-corrected chi connectivity index (χ1v) is 15.4. The molecular formula is C34H39N3O6S. The second-order valence-corrected chi connectivity index (χ2v) is 13.1. The number of hydrogen-bond acceptors (Lipinski definition) is 7. The molecule has 1 fully saturated rings. The third-order valence-corrected chi connectivity index (χ3v) is 9.20. The minimum absolute atomic E-state index is 0.163. The summed E-state index contributed by atoms with van der Waals surface area (Å²) in [6.45, 7) is 9.02. The number of aryl methyl sites for hydroxylation is 1. The van der Waals surface area contributed by atoms with Gasteiger partial charge in [0.2, 0.25) is 5.91 Å². The molecule has 0 aromatic heterocycles. The third-order valence-electron chi connectivity index (χ3n) is 7.82. The summed E-state index contributed by atoms with van der Waals surface area (Å²) in [6.07, 6.45) is -1.48. The van der Waals surface area contributed by atoms with E-state index >= 15 is 0 Å². The number of aliphatic hydroxyl groups excluding tert-OH is 1.